The molecule has 0 fully saturated rings. The maximum absolute atomic E-state index is 12.5. The summed E-state index contributed by atoms with van der Waals surface area (Å²) in [5.74, 6) is 0. The minimum atomic E-state index is -5.06. The van der Waals surface area contributed by atoms with Crippen LogP contribution in [0.2, 0.25) is 0 Å². The van der Waals surface area contributed by atoms with Crippen molar-refractivity contribution in [3.8, 4) is 0 Å². The van der Waals surface area contributed by atoms with Gasteiger partial charge in [0.2, 0.25) is 0 Å². The summed E-state index contributed by atoms with van der Waals surface area (Å²) < 4.78 is 74.6. The first-order valence-electron chi connectivity index (χ1n) is 4.39. The second kappa shape index (κ2) is 4.32. The number of hydrogen-bond donors (Lipinski definition) is 1. The molecule has 1 aromatic carbocycles. The van der Waals surface area contributed by atoms with Crippen LogP contribution in [0.5, 0.6) is 0 Å². The topological polar surface area (TPSA) is 46.5 Å². The molecule has 0 radical (unpaired) electrons. The average Bonchev–Trinajstić information content (AvgIpc) is 2.13. The van der Waals surface area contributed by atoms with Gasteiger partial charge in [0.05, 0.1) is 16.8 Å². The number of rotatable bonds is 1. The Morgan fingerprint density at radius 3 is 1.89 bits per heavy atom. The number of anilines is 1. The molecule has 1 N–H and O–H groups in total. The van der Waals surface area contributed by atoms with Gasteiger partial charge in [-0.15, -0.1) is 0 Å². The van der Waals surface area contributed by atoms with Gasteiger partial charge in [-0.3, -0.25) is 5.21 Å². The van der Waals surface area contributed by atoms with Crippen LogP contribution in [0.4, 0.5) is 32.0 Å². The summed E-state index contributed by atoms with van der Waals surface area (Å²) in [7, 11) is 0. The van der Waals surface area contributed by atoms with Crippen LogP contribution in [0, 0.1) is 12.1 Å². The summed E-state index contributed by atoms with van der Waals surface area (Å²) in [6.07, 6.45) is -10.1. The Hall–Kier alpha value is -1.48. The lowest BCUT2D eigenvalue weighted by molar-refractivity contribution is -0.143. The fourth-order valence-corrected chi connectivity index (χ4v) is 1.36. The van der Waals surface area contributed by atoms with Crippen LogP contribution in [-0.4, -0.2) is 5.21 Å². The Morgan fingerprint density at radius 2 is 1.56 bits per heavy atom. The van der Waals surface area contributed by atoms with E-state index >= 15 is 0 Å². The van der Waals surface area contributed by atoms with E-state index in [0.717, 1.165) is 6.92 Å². The van der Waals surface area contributed by atoms with Gasteiger partial charge in [0.15, 0.2) is 0 Å². The first-order chi connectivity index (χ1) is 7.94. The molecule has 1 aromatic rings. The molecule has 3 nitrogen and oxygen atoms in total. The molecule has 0 unspecified atom stereocenters. The molecule has 0 aromatic heterocycles. The van der Waals surface area contributed by atoms with Gasteiger partial charge < -0.3 is 10.4 Å². The summed E-state index contributed by atoms with van der Waals surface area (Å²) >= 11 is 0. The largest absolute Gasteiger partial charge is 0.733 e. The summed E-state index contributed by atoms with van der Waals surface area (Å²) in [5.41, 5.74) is -5.17. The van der Waals surface area contributed by atoms with Gasteiger partial charge in [0.25, 0.3) is 0 Å². The van der Waals surface area contributed by atoms with Crippen molar-refractivity contribution in [2.75, 3.05) is 5.23 Å². The van der Waals surface area contributed by atoms with E-state index in [4.69, 9.17) is 5.21 Å². The zero-order chi connectivity index (χ0) is 14.3. The SMILES string of the molecule is Cc1c(N([O-])O)cc(C(F)(F)F)cc1C(F)(F)F. The molecule has 0 saturated carbocycles. The average molecular weight is 274 g/mol. The van der Waals surface area contributed by atoms with Crippen molar-refractivity contribution < 1.29 is 31.5 Å². The lowest BCUT2D eigenvalue weighted by atomic mass is 10.0. The van der Waals surface area contributed by atoms with Crippen LogP contribution in [-0.2, 0) is 12.4 Å². The molecule has 0 aliphatic rings. The minimum Gasteiger partial charge on any atom is -0.733 e. The lowest BCUT2D eigenvalue weighted by Crippen LogP contribution is -2.17. The first kappa shape index (κ1) is 14.6. The number of nitrogens with zero attached hydrogens (tertiary/aromatic N) is 1. The number of halogens is 6. The third-order valence-corrected chi connectivity index (χ3v) is 2.22. The van der Waals surface area contributed by atoms with Crippen LogP contribution in [0.3, 0.4) is 0 Å². The second-order valence-electron chi connectivity index (χ2n) is 3.44. The second-order valence-corrected chi connectivity index (χ2v) is 3.44. The van der Waals surface area contributed by atoms with Gasteiger partial charge in [0, 0.05) is 0 Å². The molecule has 0 amide bonds. The van der Waals surface area contributed by atoms with E-state index in [1.54, 1.807) is 0 Å². The van der Waals surface area contributed by atoms with Crippen LogP contribution in [0.1, 0.15) is 16.7 Å². The molecule has 0 atom stereocenters. The van der Waals surface area contributed by atoms with Crippen molar-refractivity contribution in [2.24, 2.45) is 0 Å². The maximum atomic E-state index is 12.5. The predicted molar refractivity (Wildman–Crippen MR) is 48.8 cm³/mol. The normalized spacial score (nSPS) is 12.7. The standard InChI is InChI=1S/C9H6F6NO2/c1-4-6(9(13,14)15)2-5(8(10,11)12)3-7(4)16(17)18/h2-3,17H,1H3/q-1. The molecule has 0 saturated heterocycles. The van der Waals surface area contributed by atoms with Crippen LogP contribution < -0.4 is 5.23 Å². The van der Waals surface area contributed by atoms with Gasteiger partial charge >= 0.3 is 12.4 Å². The highest BCUT2D eigenvalue weighted by Gasteiger charge is 2.38. The van der Waals surface area contributed by atoms with E-state index in [2.05, 4.69) is 0 Å². The monoisotopic (exact) mass is 274 g/mol. The van der Waals surface area contributed by atoms with Crippen molar-refractivity contribution in [1.29, 1.82) is 0 Å². The molecule has 1 rings (SSSR count). The van der Waals surface area contributed by atoms with Crippen LogP contribution >= 0.6 is 0 Å². The highest BCUT2D eigenvalue weighted by atomic mass is 19.4. The maximum Gasteiger partial charge on any atom is 0.416 e. The van der Waals surface area contributed by atoms with Crippen molar-refractivity contribution in [2.45, 2.75) is 19.3 Å². The van der Waals surface area contributed by atoms with Gasteiger partial charge in [0.1, 0.15) is 0 Å². The van der Waals surface area contributed by atoms with E-state index in [-0.39, 0.29) is 12.1 Å². The Balaban J connectivity index is 3.58. The zero-order valence-corrected chi connectivity index (χ0v) is 8.73. The molecule has 0 bridgehead atoms. The van der Waals surface area contributed by atoms with E-state index in [1.165, 1.54) is 0 Å². The molecular formula is C9H6F6NO2-. The molecule has 0 aliphatic heterocycles. The number of alkyl halides is 6. The Kier molecular flexibility index (Phi) is 3.50. The predicted octanol–water partition coefficient (Wildman–Crippen LogP) is 3.73. The number of hydrogen-bond acceptors (Lipinski definition) is 3. The zero-order valence-electron chi connectivity index (χ0n) is 8.73. The van der Waals surface area contributed by atoms with Gasteiger partial charge in [-0.2, -0.15) is 26.3 Å². The quantitative estimate of drug-likeness (QED) is 0.627. The van der Waals surface area contributed by atoms with Crippen molar-refractivity contribution in [3.63, 3.8) is 0 Å². The molecule has 0 heterocycles. The van der Waals surface area contributed by atoms with Crippen molar-refractivity contribution in [1.82, 2.24) is 0 Å². The summed E-state index contributed by atoms with van der Waals surface area (Å²) in [5, 5.41) is 18.1. The first-order valence-corrected chi connectivity index (χ1v) is 4.39. The van der Waals surface area contributed by atoms with E-state index in [9.17, 15) is 31.5 Å². The highest BCUT2D eigenvalue weighted by molar-refractivity contribution is 5.58. The molecule has 9 heteroatoms. The fraction of sp³-hybridized carbons (Fsp3) is 0.333. The van der Waals surface area contributed by atoms with E-state index < -0.39 is 40.0 Å². The van der Waals surface area contributed by atoms with Crippen molar-refractivity contribution >= 4 is 5.69 Å². The summed E-state index contributed by atoms with van der Waals surface area (Å²) in [6.45, 7) is 0.791. The third kappa shape index (κ3) is 2.85. The molecule has 0 aliphatic carbocycles. The van der Waals surface area contributed by atoms with Gasteiger partial charge in [-0.1, -0.05) is 0 Å². The van der Waals surface area contributed by atoms with Crippen molar-refractivity contribution in [3.05, 3.63) is 34.0 Å². The summed E-state index contributed by atoms with van der Waals surface area (Å²) in [4.78, 5) is 0. The fourth-order valence-electron chi connectivity index (χ4n) is 1.36. The number of benzene rings is 1. The lowest BCUT2D eigenvalue weighted by Gasteiger charge is -2.26. The van der Waals surface area contributed by atoms with Gasteiger partial charge in [-0.25, -0.2) is 0 Å². The van der Waals surface area contributed by atoms with E-state index in [1.807, 2.05) is 0 Å². The minimum absolute atomic E-state index is 0.109. The van der Waals surface area contributed by atoms with Crippen LogP contribution in [0.15, 0.2) is 12.1 Å². The van der Waals surface area contributed by atoms with Crippen LogP contribution in [0.25, 0.3) is 0 Å². The molecule has 18 heavy (non-hydrogen) atoms. The molecular weight excluding hydrogens is 268 g/mol. The Morgan fingerprint density at radius 1 is 1.06 bits per heavy atom. The summed E-state index contributed by atoms with van der Waals surface area (Å²) in [6, 6.07) is 0.0416. The van der Waals surface area contributed by atoms with E-state index in [0.29, 0.717) is 0 Å². The highest BCUT2D eigenvalue weighted by Crippen LogP contribution is 2.40. The molecule has 0 spiro atoms. The van der Waals surface area contributed by atoms with Gasteiger partial charge in [-0.05, 0) is 24.6 Å². The third-order valence-electron chi connectivity index (χ3n) is 2.22. The smallest absolute Gasteiger partial charge is 0.416 e. The Bertz CT molecular complexity index is 452. The molecule has 102 valence electrons. The Labute approximate surface area is 96.8 Å².